The smallest absolute Gasteiger partial charge is 0.226 e. The molecule has 1 aromatic carbocycles. The molecule has 28 heavy (non-hydrogen) atoms. The van der Waals surface area contributed by atoms with Crippen molar-refractivity contribution in [2.24, 2.45) is 5.92 Å². The minimum absolute atomic E-state index is 0.147. The number of hydrogen-bond acceptors (Lipinski definition) is 3. The molecule has 0 saturated carbocycles. The summed E-state index contributed by atoms with van der Waals surface area (Å²) in [6.45, 7) is 4.43. The highest BCUT2D eigenvalue weighted by atomic mass is 19.1. The Morgan fingerprint density at radius 1 is 1.21 bits per heavy atom. The minimum Gasteiger partial charge on any atom is -0.334 e. The summed E-state index contributed by atoms with van der Waals surface area (Å²) in [6, 6.07) is 12.9. The summed E-state index contributed by atoms with van der Waals surface area (Å²) >= 11 is 0. The summed E-state index contributed by atoms with van der Waals surface area (Å²) in [5, 5.41) is 3.42. The molecule has 4 nitrogen and oxygen atoms in total. The second-order valence-corrected chi connectivity index (χ2v) is 7.65. The van der Waals surface area contributed by atoms with Gasteiger partial charge in [-0.05, 0) is 69.0 Å². The number of halogens is 1. The summed E-state index contributed by atoms with van der Waals surface area (Å²) < 4.78 is 13.9. The van der Waals surface area contributed by atoms with Crippen LogP contribution < -0.4 is 5.32 Å². The molecule has 1 fully saturated rings. The number of hydrogen-bond donors (Lipinski definition) is 1. The van der Waals surface area contributed by atoms with Crippen LogP contribution in [0.25, 0.3) is 0 Å². The molecule has 5 heteroatoms. The van der Waals surface area contributed by atoms with Crippen LogP contribution in [0.2, 0.25) is 0 Å². The van der Waals surface area contributed by atoms with E-state index in [2.05, 4.69) is 10.3 Å². The maximum Gasteiger partial charge on any atom is 0.226 e. The molecule has 3 rings (SSSR count). The first kappa shape index (κ1) is 20.5. The molecule has 1 N–H and O–H groups in total. The van der Waals surface area contributed by atoms with Crippen LogP contribution in [-0.2, 0) is 17.8 Å². The number of aromatic nitrogens is 1. The quantitative estimate of drug-likeness (QED) is 0.787. The van der Waals surface area contributed by atoms with Gasteiger partial charge in [0.15, 0.2) is 0 Å². The molecule has 0 aliphatic carbocycles. The normalized spacial score (nSPS) is 18.3. The van der Waals surface area contributed by atoms with Gasteiger partial charge in [0.05, 0.1) is 12.2 Å². The van der Waals surface area contributed by atoms with Crippen molar-refractivity contribution in [3.8, 4) is 0 Å². The standard InChI is InChI=1S/C23H30FN3O/c1-18(11-12-19-7-2-3-10-22(19)24)23(28)27(17-20-8-4-5-15-26-20)21-9-6-14-25-16-13-21/h2-5,7-8,10,15,18,21,25H,6,9,11-14,16-17H2,1H3. The number of carbonyl (C=O) groups is 1. The van der Waals surface area contributed by atoms with E-state index in [0.717, 1.165) is 38.0 Å². The number of aryl methyl sites for hydroxylation is 1. The molecule has 2 unspecified atom stereocenters. The fourth-order valence-electron chi connectivity index (χ4n) is 3.85. The lowest BCUT2D eigenvalue weighted by Gasteiger charge is -2.33. The van der Waals surface area contributed by atoms with Crippen molar-refractivity contribution in [3.05, 3.63) is 65.7 Å². The van der Waals surface area contributed by atoms with Crippen molar-refractivity contribution in [2.75, 3.05) is 13.1 Å². The molecule has 1 amide bonds. The molecule has 2 atom stereocenters. The maximum atomic E-state index is 13.9. The maximum absolute atomic E-state index is 13.9. The first-order chi connectivity index (χ1) is 13.6. The average Bonchev–Trinajstić information content (AvgIpc) is 3.01. The van der Waals surface area contributed by atoms with Gasteiger partial charge < -0.3 is 10.2 Å². The highest BCUT2D eigenvalue weighted by Crippen LogP contribution is 2.21. The zero-order valence-corrected chi connectivity index (χ0v) is 16.6. The Balaban J connectivity index is 1.70. The van der Waals surface area contributed by atoms with Crippen LogP contribution in [0.15, 0.2) is 48.7 Å². The van der Waals surface area contributed by atoms with Crippen molar-refractivity contribution in [2.45, 2.75) is 51.6 Å². The number of carbonyl (C=O) groups excluding carboxylic acids is 1. The molecule has 1 saturated heterocycles. The van der Waals surface area contributed by atoms with E-state index in [1.807, 2.05) is 36.1 Å². The predicted octanol–water partition coefficient (Wildman–Crippen LogP) is 3.96. The molecule has 1 aliphatic rings. The third-order valence-electron chi connectivity index (χ3n) is 5.55. The molecule has 150 valence electrons. The minimum atomic E-state index is -0.192. The molecule has 0 radical (unpaired) electrons. The monoisotopic (exact) mass is 383 g/mol. The summed E-state index contributed by atoms with van der Waals surface area (Å²) in [6.07, 6.45) is 6.02. The fourth-order valence-corrected chi connectivity index (χ4v) is 3.85. The molecule has 0 spiro atoms. The van der Waals surface area contributed by atoms with E-state index in [1.54, 1.807) is 18.3 Å². The molecule has 0 bridgehead atoms. The Morgan fingerprint density at radius 2 is 2.04 bits per heavy atom. The van der Waals surface area contributed by atoms with Crippen molar-refractivity contribution in [1.29, 1.82) is 0 Å². The summed E-state index contributed by atoms with van der Waals surface area (Å²) in [5.74, 6) is -0.198. The van der Waals surface area contributed by atoms with Gasteiger partial charge in [0.1, 0.15) is 5.82 Å². The summed E-state index contributed by atoms with van der Waals surface area (Å²) in [7, 11) is 0. The van der Waals surface area contributed by atoms with Gasteiger partial charge in [-0.2, -0.15) is 0 Å². The van der Waals surface area contributed by atoms with E-state index in [4.69, 9.17) is 0 Å². The van der Waals surface area contributed by atoms with E-state index in [-0.39, 0.29) is 23.7 Å². The van der Waals surface area contributed by atoms with Crippen molar-refractivity contribution >= 4 is 5.91 Å². The Bertz CT molecular complexity index is 745. The zero-order valence-electron chi connectivity index (χ0n) is 16.6. The number of rotatable bonds is 7. The van der Waals surface area contributed by atoms with Crippen LogP contribution in [0.1, 0.15) is 43.9 Å². The number of nitrogens with zero attached hydrogens (tertiary/aromatic N) is 2. The Labute approximate surface area is 167 Å². The van der Waals surface area contributed by atoms with Crippen molar-refractivity contribution < 1.29 is 9.18 Å². The van der Waals surface area contributed by atoms with Gasteiger partial charge in [0.2, 0.25) is 5.91 Å². The van der Waals surface area contributed by atoms with Gasteiger partial charge in [0.25, 0.3) is 0 Å². The molecular formula is C23H30FN3O. The van der Waals surface area contributed by atoms with E-state index < -0.39 is 0 Å². The van der Waals surface area contributed by atoms with Gasteiger partial charge in [-0.25, -0.2) is 4.39 Å². The highest BCUT2D eigenvalue weighted by Gasteiger charge is 2.28. The topological polar surface area (TPSA) is 45.2 Å². The highest BCUT2D eigenvalue weighted by molar-refractivity contribution is 5.78. The van der Waals surface area contributed by atoms with Crippen molar-refractivity contribution in [1.82, 2.24) is 15.2 Å². The van der Waals surface area contributed by atoms with Crippen LogP contribution >= 0.6 is 0 Å². The van der Waals surface area contributed by atoms with Gasteiger partial charge in [-0.3, -0.25) is 9.78 Å². The van der Waals surface area contributed by atoms with E-state index >= 15 is 0 Å². The number of amides is 1. The fraction of sp³-hybridized carbons (Fsp3) is 0.478. The third kappa shape index (κ3) is 5.61. The largest absolute Gasteiger partial charge is 0.334 e. The van der Waals surface area contributed by atoms with Crippen LogP contribution in [-0.4, -0.2) is 34.9 Å². The lowest BCUT2D eigenvalue weighted by Crippen LogP contribution is -2.43. The van der Waals surface area contributed by atoms with E-state index in [9.17, 15) is 9.18 Å². The van der Waals surface area contributed by atoms with Gasteiger partial charge in [0, 0.05) is 18.2 Å². The van der Waals surface area contributed by atoms with Crippen LogP contribution in [0.5, 0.6) is 0 Å². The Kier molecular flexibility index (Phi) is 7.54. The lowest BCUT2D eigenvalue weighted by atomic mass is 9.97. The van der Waals surface area contributed by atoms with Gasteiger partial charge in [-0.1, -0.05) is 31.2 Å². The van der Waals surface area contributed by atoms with Crippen molar-refractivity contribution in [3.63, 3.8) is 0 Å². The third-order valence-corrected chi connectivity index (χ3v) is 5.55. The Hall–Kier alpha value is -2.27. The molecular weight excluding hydrogens is 353 g/mol. The van der Waals surface area contributed by atoms with Crippen LogP contribution in [0.3, 0.4) is 0 Å². The van der Waals surface area contributed by atoms with Gasteiger partial charge in [-0.15, -0.1) is 0 Å². The molecule has 2 heterocycles. The predicted molar refractivity (Wildman–Crippen MR) is 109 cm³/mol. The van der Waals surface area contributed by atoms with E-state index in [1.165, 1.54) is 6.07 Å². The van der Waals surface area contributed by atoms with E-state index in [0.29, 0.717) is 24.9 Å². The van der Waals surface area contributed by atoms with Crippen LogP contribution in [0, 0.1) is 11.7 Å². The first-order valence-electron chi connectivity index (χ1n) is 10.3. The zero-order chi connectivity index (χ0) is 19.8. The average molecular weight is 384 g/mol. The number of nitrogens with one attached hydrogen (secondary N) is 1. The van der Waals surface area contributed by atoms with Crippen LogP contribution in [0.4, 0.5) is 4.39 Å². The second kappa shape index (κ2) is 10.3. The number of benzene rings is 1. The Morgan fingerprint density at radius 3 is 2.82 bits per heavy atom. The molecule has 1 aliphatic heterocycles. The summed E-state index contributed by atoms with van der Waals surface area (Å²) in [4.78, 5) is 19.8. The summed E-state index contributed by atoms with van der Waals surface area (Å²) in [5.41, 5.74) is 1.59. The number of pyridine rings is 1. The molecule has 2 aromatic rings. The second-order valence-electron chi connectivity index (χ2n) is 7.65. The molecule has 1 aromatic heterocycles. The van der Waals surface area contributed by atoms with Gasteiger partial charge >= 0.3 is 0 Å². The SMILES string of the molecule is CC(CCc1ccccc1F)C(=O)N(Cc1ccccn1)C1CCCNCC1. The lowest BCUT2D eigenvalue weighted by molar-refractivity contribution is -0.138. The first-order valence-corrected chi connectivity index (χ1v) is 10.3.